The van der Waals surface area contributed by atoms with Gasteiger partial charge < -0.3 is 4.74 Å². The lowest BCUT2D eigenvalue weighted by atomic mass is 9.94. The van der Waals surface area contributed by atoms with Crippen LogP contribution in [0.5, 0.6) is 0 Å². The van der Waals surface area contributed by atoms with E-state index < -0.39 is 10.0 Å². The number of ether oxygens (including phenoxy) is 1. The molecule has 0 bridgehead atoms. The Labute approximate surface area is 167 Å². The van der Waals surface area contributed by atoms with E-state index in [0.717, 1.165) is 63.1 Å². The maximum absolute atomic E-state index is 13.3. The Morgan fingerprint density at radius 2 is 1.89 bits per heavy atom. The quantitative estimate of drug-likeness (QED) is 0.768. The van der Waals surface area contributed by atoms with Crippen molar-refractivity contribution in [2.45, 2.75) is 31.1 Å². The van der Waals surface area contributed by atoms with E-state index in [9.17, 15) is 8.42 Å². The molecular formula is C21H29N3O3S. The minimum atomic E-state index is -3.52. The van der Waals surface area contributed by atoms with Crippen molar-refractivity contribution in [2.75, 3.05) is 45.9 Å². The fraction of sp³-hybridized carbons (Fsp3) is 0.571. The Hall–Kier alpha value is -1.54. The molecule has 2 aromatic rings. The summed E-state index contributed by atoms with van der Waals surface area (Å²) in [6.07, 6.45) is 4.74. The molecule has 3 heterocycles. The van der Waals surface area contributed by atoms with Gasteiger partial charge in [0.05, 0.1) is 18.7 Å². The van der Waals surface area contributed by atoms with Crippen LogP contribution in [0.3, 0.4) is 0 Å². The molecule has 0 atom stereocenters. The molecule has 7 heteroatoms. The van der Waals surface area contributed by atoms with E-state index in [0.29, 0.717) is 29.4 Å². The molecular weight excluding hydrogens is 374 g/mol. The second kappa shape index (κ2) is 8.45. The number of sulfonamides is 1. The van der Waals surface area contributed by atoms with E-state index in [4.69, 9.17) is 4.74 Å². The molecule has 2 aliphatic heterocycles. The molecule has 0 amide bonds. The van der Waals surface area contributed by atoms with Crippen LogP contribution in [0.4, 0.5) is 0 Å². The molecule has 6 nitrogen and oxygen atoms in total. The van der Waals surface area contributed by atoms with Gasteiger partial charge in [-0.3, -0.25) is 9.88 Å². The second-order valence-corrected chi connectivity index (χ2v) is 9.84. The summed E-state index contributed by atoms with van der Waals surface area (Å²) < 4.78 is 33.6. The number of fused-ring (bicyclic) bond motifs is 1. The van der Waals surface area contributed by atoms with Crippen LogP contribution >= 0.6 is 0 Å². The van der Waals surface area contributed by atoms with Gasteiger partial charge in [0.1, 0.15) is 4.90 Å². The number of nitrogens with zero attached hydrogens (tertiary/aromatic N) is 3. The molecule has 1 aromatic heterocycles. The third-order valence-corrected chi connectivity index (χ3v) is 7.89. The van der Waals surface area contributed by atoms with Gasteiger partial charge in [-0.2, -0.15) is 4.31 Å². The first-order valence-electron chi connectivity index (χ1n) is 10.2. The summed E-state index contributed by atoms with van der Waals surface area (Å²) >= 11 is 0. The average molecular weight is 404 g/mol. The molecule has 28 heavy (non-hydrogen) atoms. The SMILES string of the molecule is Cc1cnc2c(S(=O)(=O)N3CCC(CCN4CCOCC4)CC3)cccc2c1. The highest BCUT2D eigenvalue weighted by Gasteiger charge is 2.31. The van der Waals surface area contributed by atoms with E-state index >= 15 is 0 Å². The van der Waals surface area contributed by atoms with Crippen LogP contribution in [0.15, 0.2) is 35.4 Å². The zero-order valence-electron chi connectivity index (χ0n) is 16.5. The predicted molar refractivity (Wildman–Crippen MR) is 110 cm³/mol. The summed E-state index contributed by atoms with van der Waals surface area (Å²) in [6.45, 7) is 7.94. The van der Waals surface area contributed by atoms with Gasteiger partial charge in [-0.05, 0) is 56.3 Å². The summed E-state index contributed by atoms with van der Waals surface area (Å²) in [5.74, 6) is 0.600. The van der Waals surface area contributed by atoms with Gasteiger partial charge in [-0.15, -0.1) is 0 Å². The minimum Gasteiger partial charge on any atom is -0.379 e. The van der Waals surface area contributed by atoms with Crippen molar-refractivity contribution in [1.82, 2.24) is 14.2 Å². The van der Waals surface area contributed by atoms with Crippen molar-refractivity contribution in [3.05, 3.63) is 36.0 Å². The van der Waals surface area contributed by atoms with E-state index in [1.54, 1.807) is 16.6 Å². The Morgan fingerprint density at radius 1 is 1.14 bits per heavy atom. The van der Waals surface area contributed by atoms with Gasteiger partial charge in [0, 0.05) is 37.8 Å². The number of para-hydroxylation sites is 1. The van der Waals surface area contributed by atoms with E-state index in [1.807, 2.05) is 25.1 Å². The van der Waals surface area contributed by atoms with Gasteiger partial charge in [-0.25, -0.2) is 8.42 Å². The number of pyridine rings is 1. The molecule has 2 aliphatic rings. The highest BCUT2D eigenvalue weighted by molar-refractivity contribution is 7.89. The summed E-state index contributed by atoms with van der Waals surface area (Å²) in [7, 11) is -3.52. The van der Waals surface area contributed by atoms with Crippen molar-refractivity contribution in [1.29, 1.82) is 0 Å². The smallest absolute Gasteiger partial charge is 0.245 e. The van der Waals surface area contributed by atoms with Gasteiger partial charge in [0.15, 0.2) is 0 Å². The van der Waals surface area contributed by atoms with Gasteiger partial charge >= 0.3 is 0 Å². The molecule has 2 saturated heterocycles. The third-order valence-electron chi connectivity index (χ3n) is 5.96. The predicted octanol–water partition coefficient (Wildman–Crippen LogP) is 2.67. The number of hydrogen-bond donors (Lipinski definition) is 0. The highest BCUT2D eigenvalue weighted by Crippen LogP contribution is 2.29. The summed E-state index contributed by atoms with van der Waals surface area (Å²) in [6, 6.07) is 7.40. The second-order valence-electron chi connectivity index (χ2n) is 7.93. The van der Waals surface area contributed by atoms with Crippen LogP contribution in [0.25, 0.3) is 10.9 Å². The highest BCUT2D eigenvalue weighted by atomic mass is 32.2. The van der Waals surface area contributed by atoms with Crippen molar-refractivity contribution in [3.63, 3.8) is 0 Å². The maximum Gasteiger partial charge on any atom is 0.245 e. The van der Waals surface area contributed by atoms with Crippen LogP contribution < -0.4 is 0 Å². The first-order valence-corrected chi connectivity index (χ1v) is 11.6. The van der Waals surface area contributed by atoms with Crippen LogP contribution in [0, 0.1) is 12.8 Å². The summed E-state index contributed by atoms with van der Waals surface area (Å²) in [5.41, 5.74) is 1.60. The molecule has 0 aliphatic carbocycles. The van der Waals surface area contributed by atoms with Crippen LogP contribution in [-0.4, -0.2) is 68.5 Å². The Balaban J connectivity index is 1.41. The van der Waals surface area contributed by atoms with E-state index in [1.165, 1.54) is 0 Å². The number of hydrogen-bond acceptors (Lipinski definition) is 5. The maximum atomic E-state index is 13.3. The number of rotatable bonds is 5. The lowest BCUT2D eigenvalue weighted by Crippen LogP contribution is -2.40. The monoisotopic (exact) mass is 403 g/mol. The molecule has 1 aromatic carbocycles. The molecule has 0 saturated carbocycles. The minimum absolute atomic E-state index is 0.330. The Kier molecular flexibility index (Phi) is 5.96. The summed E-state index contributed by atoms with van der Waals surface area (Å²) in [5, 5.41) is 0.876. The van der Waals surface area contributed by atoms with Gasteiger partial charge in [0.25, 0.3) is 0 Å². The standard InChI is InChI=1S/C21H29N3O3S/c1-17-15-19-3-2-4-20(21(19)22-16-17)28(25,26)24-9-6-18(7-10-24)5-8-23-11-13-27-14-12-23/h2-4,15-16,18H,5-14H2,1H3. The zero-order valence-corrected chi connectivity index (χ0v) is 17.3. The first kappa shape index (κ1) is 19.8. The van der Waals surface area contributed by atoms with Crippen molar-refractivity contribution >= 4 is 20.9 Å². The molecule has 0 unspecified atom stereocenters. The Morgan fingerprint density at radius 3 is 2.64 bits per heavy atom. The molecule has 152 valence electrons. The summed E-state index contributed by atoms with van der Waals surface area (Å²) in [4.78, 5) is 7.20. The topological polar surface area (TPSA) is 62.7 Å². The van der Waals surface area contributed by atoms with Crippen molar-refractivity contribution < 1.29 is 13.2 Å². The number of morpholine rings is 1. The molecule has 0 spiro atoms. The average Bonchev–Trinajstić information content (AvgIpc) is 2.72. The van der Waals surface area contributed by atoms with Gasteiger partial charge in [-0.1, -0.05) is 12.1 Å². The fourth-order valence-corrected chi connectivity index (χ4v) is 5.85. The fourth-order valence-electron chi connectivity index (χ4n) is 4.22. The van der Waals surface area contributed by atoms with Crippen molar-refractivity contribution in [2.24, 2.45) is 5.92 Å². The zero-order chi connectivity index (χ0) is 19.6. The number of piperidine rings is 1. The molecule has 4 rings (SSSR count). The number of aryl methyl sites for hydroxylation is 1. The molecule has 0 radical (unpaired) electrons. The van der Waals surface area contributed by atoms with E-state index in [2.05, 4.69) is 9.88 Å². The normalized spacial score (nSPS) is 20.6. The van der Waals surface area contributed by atoms with Gasteiger partial charge in [0.2, 0.25) is 10.0 Å². The number of aromatic nitrogens is 1. The number of benzene rings is 1. The van der Waals surface area contributed by atoms with Crippen LogP contribution in [-0.2, 0) is 14.8 Å². The first-order chi connectivity index (χ1) is 13.5. The van der Waals surface area contributed by atoms with Crippen LogP contribution in [0.2, 0.25) is 0 Å². The van der Waals surface area contributed by atoms with E-state index in [-0.39, 0.29) is 0 Å². The third kappa shape index (κ3) is 4.22. The molecule has 2 fully saturated rings. The largest absolute Gasteiger partial charge is 0.379 e. The molecule has 0 N–H and O–H groups in total. The lowest BCUT2D eigenvalue weighted by molar-refractivity contribution is 0.0343. The lowest BCUT2D eigenvalue weighted by Gasteiger charge is -2.33. The Bertz CT molecular complexity index is 918. The van der Waals surface area contributed by atoms with Crippen LogP contribution in [0.1, 0.15) is 24.8 Å². The van der Waals surface area contributed by atoms with Crippen molar-refractivity contribution in [3.8, 4) is 0 Å².